The van der Waals surface area contributed by atoms with E-state index in [-0.39, 0.29) is 29.4 Å². The van der Waals surface area contributed by atoms with Crippen LogP contribution in [0.5, 0.6) is 11.5 Å². The number of nitrogens with zero attached hydrogens (tertiary/aromatic N) is 1. The van der Waals surface area contributed by atoms with Crippen LogP contribution in [0, 0.1) is 0 Å². The SMILES string of the molecule is CCc1cc(C(C)=O)c(O)cc1OCc1cccc(C(=O)N[C@@H](C)C(=O)O)n1. The van der Waals surface area contributed by atoms with Crippen LogP contribution >= 0.6 is 0 Å². The number of carboxylic acid groups (broad SMARTS) is 1. The number of pyridine rings is 1. The van der Waals surface area contributed by atoms with Gasteiger partial charge in [0.2, 0.25) is 0 Å². The van der Waals surface area contributed by atoms with Gasteiger partial charge in [-0.2, -0.15) is 0 Å². The summed E-state index contributed by atoms with van der Waals surface area (Å²) < 4.78 is 5.72. The van der Waals surface area contributed by atoms with Crippen molar-refractivity contribution in [3.05, 3.63) is 52.8 Å². The molecular weight excluding hydrogens is 364 g/mol. The molecule has 148 valence electrons. The minimum absolute atomic E-state index is 0.0292. The third kappa shape index (κ3) is 5.06. The van der Waals surface area contributed by atoms with Crippen LogP contribution in [0.3, 0.4) is 0 Å². The van der Waals surface area contributed by atoms with Crippen molar-refractivity contribution >= 4 is 17.7 Å². The summed E-state index contributed by atoms with van der Waals surface area (Å²) in [4.78, 5) is 38.7. The zero-order chi connectivity index (χ0) is 20.8. The van der Waals surface area contributed by atoms with Crippen LogP contribution in [0.25, 0.3) is 0 Å². The number of aryl methyl sites for hydroxylation is 1. The molecule has 0 fully saturated rings. The van der Waals surface area contributed by atoms with Gasteiger partial charge in [0.05, 0.1) is 11.3 Å². The minimum Gasteiger partial charge on any atom is -0.507 e. The highest BCUT2D eigenvalue weighted by molar-refractivity contribution is 5.97. The highest BCUT2D eigenvalue weighted by Crippen LogP contribution is 2.29. The van der Waals surface area contributed by atoms with E-state index in [9.17, 15) is 19.5 Å². The van der Waals surface area contributed by atoms with Crippen LogP contribution in [0.15, 0.2) is 30.3 Å². The Labute approximate surface area is 162 Å². The minimum atomic E-state index is -1.14. The fourth-order valence-electron chi connectivity index (χ4n) is 2.48. The molecule has 0 saturated heterocycles. The van der Waals surface area contributed by atoms with E-state index in [2.05, 4.69) is 10.3 Å². The van der Waals surface area contributed by atoms with Crippen molar-refractivity contribution < 1.29 is 29.3 Å². The predicted octanol–water partition coefficient (Wildman–Crippen LogP) is 2.33. The molecular formula is C20H22N2O6. The molecule has 0 spiro atoms. The number of phenolic OH excluding ortho intramolecular Hbond substituents is 1. The Hall–Kier alpha value is -3.42. The number of nitrogens with one attached hydrogen (secondary N) is 1. The number of amides is 1. The number of benzene rings is 1. The number of carbonyl (C=O) groups excluding carboxylic acids is 2. The second-order valence-corrected chi connectivity index (χ2v) is 6.22. The first-order chi connectivity index (χ1) is 13.2. The number of carboxylic acids is 1. The van der Waals surface area contributed by atoms with E-state index in [1.807, 2.05) is 6.92 Å². The fourth-order valence-corrected chi connectivity index (χ4v) is 2.48. The second kappa shape index (κ2) is 8.98. The van der Waals surface area contributed by atoms with Gasteiger partial charge in [0.25, 0.3) is 5.91 Å². The molecule has 2 aromatic rings. The van der Waals surface area contributed by atoms with Gasteiger partial charge in [-0.1, -0.05) is 13.0 Å². The van der Waals surface area contributed by atoms with Crippen molar-refractivity contribution in [2.24, 2.45) is 0 Å². The molecule has 28 heavy (non-hydrogen) atoms. The Kier molecular flexibility index (Phi) is 6.70. The number of ether oxygens (including phenoxy) is 1. The number of hydrogen-bond donors (Lipinski definition) is 3. The molecule has 1 atom stereocenters. The van der Waals surface area contributed by atoms with Gasteiger partial charge in [-0.05, 0) is 44.0 Å². The largest absolute Gasteiger partial charge is 0.507 e. The Morgan fingerprint density at radius 2 is 1.96 bits per heavy atom. The highest BCUT2D eigenvalue weighted by Gasteiger charge is 2.17. The van der Waals surface area contributed by atoms with Gasteiger partial charge in [0.15, 0.2) is 5.78 Å². The van der Waals surface area contributed by atoms with Gasteiger partial charge in [-0.15, -0.1) is 0 Å². The molecule has 1 heterocycles. The Morgan fingerprint density at radius 1 is 1.25 bits per heavy atom. The Balaban J connectivity index is 2.15. The average Bonchev–Trinajstić information content (AvgIpc) is 2.66. The number of rotatable bonds is 8. The first-order valence-corrected chi connectivity index (χ1v) is 8.72. The first-order valence-electron chi connectivity index (χ1n) is 8.72. The predicted molar refractivity (Wildman–Crippen MR) is 101 cm³/mol. The van der Waals surface area contributed by atoms with E-state index >= 15 is 0 Å². The lowest BCUT2D eigenvalue weighted by Crippen LogP contribution is -2.38. The summed E-state index contributed by atoms with van der Waals surface area (Å²) in [6.45, 7) is 4.66. The number of ketones is 1. The fraction of sp³-hybridized carbons (Fsp3) is 0.300. The van der Waals surface area contributed by atoms with E-state index in [4.69, 9.17) is 9.84 Å². The number of aromatic nitrogens is 1. The van der Waals surface area contributed by atoms with Crippen molar-refractivity contribution in [2.45, 2.75) is 39.8 Å². The highest BCUT2D eigenvalue weighted by atomic mass is 16.5. The molecule has 0 saturated carbocycles. The maximum absolute atomic E-state index is 12.1. The molecule has 1 amide bonds. The summed E-state index contributed by atoms with van der Waals surface area (Å²) in [5.41, 5.74) is 1.51. The molecule has 3 N–H and O–H groups in total. The number of phenols is 1. The molecule has 2 rings (SSSR count). The van der Waals surface area contributed by atoms with Crippen LogP contribution in [0.4, 0.5) is 0 Å². The van der Waals surface area contributed by atoms with Crippen molar-refractivity contribution in [1.82, 2.24) is 10.3 Å². The van der Waals surface area contributed by atoms with Crippen LogP contribution in [-0.4, -0.2) is 38.9 Å². The molecule has 0 unspecified atom stereocenters. The van der Waals surface area contributed by atoms with Gasteiger partial charge < -0.3 is 20.3 Å². The second-order valence-electron chi connectivity index (χ2n) is 6.22. The summed E-state index contributed by atoms with van der Waals surface area (Å²) in [6, 6.07) is 6.69. The molecule has 0 aliphatic heterocycles. The van der Waals surface area contributed by atoms with E-state index < -0.39 is 17.9 Å². The first kappa shape index (κ1) is 20.9. The normalized spacial score (nSPS) is 11.5. The summed E-state index contributed by atoms with van der Waals surface area (Å²) in [7, 11) is 0. The summed E-state index contributed by atoms with van der Waals surface area (Å²) in [6.07, 6.45) is 0.596. The number of aliphatic carboxylic acids is 1. The number of aromatic hydroxyl groups is 1. The quantitative estimate of drug-likeness (QED) is 0.594. The lowest BCUT2D eigenvalue weighted by Gasteiger charge is -2.13. The van der Waals surface area contributed by atoms with Crippen LogP contribution in [0.1, 0.15) is 52.9 Å². The zero-order valence-corrected chi connectivity index (χ0v) is 15.9. The van der Waals surface area contributed by atoms with Gasteiger partial charge in [0, 0.05) is 6.07 Å². The third-order valence-corrected chi connectivity index (χ3v) is 4.07. The molecule has 0 aliphatic carbocycles. The summed E-state index contributed by atoms with van der Waals surface area (Å²) >= 11 is 0. The average molecular weight is 386 g/mol. The third-order valence-electron chi connectivity index (χ3n) is 4.07. The molecule has 0 bridgehead atoms. The summed E-state index contributed by atoms with van der Waals surface area (Å²) in [5.74, 6) is -1.73. The Morgan fingerprint density at radius 3 is 2.57 bits per heavy atom. The van der Waals surface area contributed by atoms with Gasteiger partial charge in [0.1, 0.15) is 29.8 Å². The Bertz CT molecular complexity index is 910. The van der Waals surface area contributed by atoms with Gasteiger partial charge in [-0.3, -0.25) is 14.4 Å². The monoisotopic (exact) mass is 386 g/mol. The van der Waals surface area contributed by atoms with Crippen LogP contribution in [0.2, 0.25) is 0 Å². The molecule has 0 radical (unpaired) electrons. The van der Waals surface area contributed by atoms with Crippen LogP contribution < -0.4 is 10.1 Å². The van der Waals surface area contributed by atoms with Gasteiger partial charge in [-0.25, -0.2) is 4.98 Å². The van der Waals surface area contributed by atoms with Crippen molar-refractivity contribution in [1.29, 1.82) is 0 Å². The molecule has 0 aliphatic rings. The molecule has 1 aromatic heterocycles. The standard InChI is InChI=1S/C20H22N2O6/c1-4-13-8-15(12(3)23)17(24)9-18(13)28-10-14-6-5-7-16(22-14)19(25)21-11(2)20(26)27/h5-9,11,24H,4,10H2,1-3H3,(H,21,25)(H,26,27)/t11-/m0/s1. The number of Topliss-reactive ketones (excluding diaryl/α,β-unsaturated/α-hetero) is 1. The van der Waals surface area contributed by atoms with E-state index in [0.717, 1.165) is 5.56 Å². The van der Waals surface area contributed by atoms with E-state index in [1.165, 1.54) is 26.0 Å². The van der Waals surface area contributed by atoms with E-state index in [1.54, 1.807) is 18.2 Å². The summed E-state index contributed by atoms with van der Waals surface area (Å²) in [5, 5.41) is 21.2. The van der Waals surface area contributed by atoms with Crippen LogP contribution in [-0.2, 0) is 17.8 Å². The number of hydrogen-bond acceptors (Lipinski definition) is 6. The number of carbonyl (C=O) groups is 3. The van der Waals surface area contributed by atoms with Crippen molar-refractivity contribution in [3.8, 4) is 11.5 Å². The smallest absolute Gasteiger partial charge is 0.325 e. The van der Waals surface area contributed by atoms with E-state index in [0.29, 0.717) is 17.9 Å². The lowest BCUT2D eigenvalue weighted by molar-refractivity contribution is -0.138. The molecule has 8 nitrogen and oxygen atoms in total. The zero-order valence-electron chi connectivity index (χ0n) is 15.9. The molecule has 8 heteroatoms. The molecule has 1 aromatic carbocycles. The van der Waals surface area contributed by atoms with Crippen molar-refractivity contribution in [3.63, 3.8) is 0 Å². The maximum atomic E-state index is 12.1. The maximum Gasteiger partial charge on any atom is 0.325 e. The lowest BCUT2D eigenvalue weighted by atomic mass is 10.0. The van der Waals surface area contributed by atoms with Crippen molar-refractivity contribution in [2.75, 3.05) is 0 Å². The van der Waals surface area contributed by atoms with Gasteiger partial charge >= 0.3 is 5.97 Å². The topological polar surface area (TPSA) is 126 Å².